The van der Waals surface area contributed by atoms with Crippen LogP contribution in [0, 0.1) is 13.8 Å². The van der Waals surface area contributed by atoms with Crippen LogP contribution in [-0.4, -0.2) is 19.3 Å². The molecule has 6 aromatic heterocycles. The van der Waals surface area contributed by atoms with Gasteiger partial charge in [-0.1, -0.05) is 12.1 Å². The van der Waals surface area contributed by atoms with Crippen LogP contribution in [0.4, 0.5) is 0 Å². The molecule has 0 fully saturated rings. The molecule has 0 aliphatic rings. The van der Waals surface area contributed by atoms with Crippen molar-refractivity contribution in [3.8, 4) is 22.9 Å². The molecule has 0 saturated heterocycles. The Labute approximate surface area is 274 Å². The number of nitrogens with zero attached hydrogens (tertiary/aromatic N) is 2. The fraction of sp³-hybridized carbons (Fsp3) is 0.0500. The van der Waals surface area contributed by atoms with Crippen molar-refractivity contribution in [1.82, 2.24) is 9.13 Å². The summed E-state index contributed by atoms with van der Waals surface area (Å²) in [5.41, 5.74) is 12.6. The summed E-state index contributed by atoms with van der Waals surface area (Å²) in [6, 6.07) is 31.4. The third-order valence-corrected chi connectivity index (χ3v) is 10.7. The number of aromatic nitrogens is 2. The van der Waals surface area contributed by atoms with Crippen molar-refractivity contribution >= 4 is 97.8 Å². The highest BCUT2D eigenvalue weighted by atomic mass is 32.1. The average molecular weight is 645 g/mol. The van der Waals surface area contributed by atoms with E-state index in [0.717, 1.165) is 97.8 Å². The highest BCUT2D eigenvalue weighted by molar-refractivity contribution is 7.26. The van der Waals surface area contributed by atoms with Crippen molar-refractivity contribution in [2.24, 2.45) is 0 Å². The topological polar surface area (TPSA) is 89.7 Å². The molecule has 0 bridgehead atoms. The second-order valence-electron chi connectivity index (χ2n) is 12.7. The van der Waals surface area contributed by atoms with Gasteiger partial charge in [0.25, 0.3) is 0 Å². The number of rotatable bonds is 2. The molecule has 0 aliphatic carbocycles. The number of furan rings is 3. The number of hydrogen-bond acceptors (Lipinski definition) is 6. The quantitative estimate of drug-likeness (QED) is 0.195. The SMILES string of the molecule is Cc1ccc2c(c1)oc1c3oc4cc5c(cc4c3n(-c3ccc(O)cc3)c21)sc1c2oc3cc(C)ccc3c2n(-c2ccc(O)cc2)c51. The Morgan fingerprint density at radius 2 is 0.958 bits per heavy atom. The molecular formula is C40H24N2O5S. The van der Waals surface area contributed by atoms with Crippen molar-refractivity contribution < 1.29 is 23.5 Å². The van der Waals surface area contributed by atoms with Crippen molar-refractivity contribution in [3.63, 3.8) is 0 Å². The fourth-order valence-corrected chi connectivity index (χ4v) is 8.68. The molecule has 0 spiro atoms. The highest BCUT2D eigenvalue weighted by Gasteiger charge is 2.28. The summed E-state index contributed by atoms with van der Waals surface area (Å²) in [6.45, 7) is 4.12. The van der Waals surface area contributed by atoms with Crippen LogP contribution in [0.2, 0.25) is 0 Å². The lowest BCUT2D eigenvalue weighted by Crippen LogP contribution is -1.93. The van der Waals surface area contributed by atoms with E-state index in [2.05, 4.69) is 71.5 Å². The Morgan fingerprint density at radius 1 is 0.479 bits per heavy atom. The molecule has 0 atom stereocenters. The summed E-state index contributed by atoms with van der Waals surface area (Å²) in [4.78, 5) is 0. The largest absolute Gasteiger partial charge is 0.508 e. The zero-order valence-electron chi connectivity index (χ0n) is 25.7. The van der Waals surface area contributed by atoms with Gasteiger partial charge in [0.05, 0.1) is 10.2 Å². The van der Waals surface area contributed by atoms with Crippen molar-refractivity contribution in [3.05, 3.63) is 108 Å². The Bertz CT molecular complexity index is 2930. The van der Waals surface area contributed by atoms with Crippen molar-refractivity contribution in [2.75, 3.05) is 0 Å². The Morgan fingerprint density at radius 3 is 1.54 bits per heavy atom. The normalized spacial score (nSPS) is 12.5. The molecule has 0 unspecified atom stereocenters. The van der Waals surface area contributed by atoms with E-state index < -0.39 is 0 Å². The number of hydrogen-bond donors (Lipinski definition) is 2. The first-order valence-corrected chi connectivity index (χ1v) is 16.5. The van der Waals surface area contributed by atoms with Gasteiger partial charge in [0.2, 0.25) is 0 Å². The Balaban J connectivity index is 1.29. The summed E-state index contributed by atoms with van der Waals surface area (Å²) >= 11 is 1.70. The third kappa shape index (κ3) is 3.27. The predicted molar refractivity (Wildman–Crippen MR) is 193 cm³/mol. The van der Waals surface area contributed by atoms with Crippen LogP contribution < -0.4 is 0 Å². The maximum absolute atomic E-state index is 10.1. The summed E-state index contributed by atoms with van der Waals surface area (Å²) in [5, 5.41) is 24.3. The molecule has 0 aliphatic heterocycles. The second-order valence-corrected chi connectivity index (χ2v) is 13.7. The third-order valence-electron chi connectivity index (χ3n) is 9.61. The lowest BCUT2D eigenvalue weighted by atomic mass is 10.1. The molecule has 230 valence electrons. The fourth-order valence-electron chi connectivity index (χ4n) is 7.49. The minimum Gasteiger partial charge on any atom is -0.508 e. The van der Waals surface area contributed by atoms with E-state index >= 15 is 0 Å². The Hall–Kier alpha value is -6.12. The zero-order chi connectivity index (χ0) is 32.0. The van der Waals surface area contributed by atoms with E-state index in [0.29, 0.717) is 11.2 Å². The number of phenolic OH excluding ortho intramolecular Hbond substituents is 2. The number of aromatic hydroxyl groups is 2. The number of benzene rings is 5. The first kappa shape index (κ1) is 26.0. The number of fused-ring (bicyclic) bond motifs is 14. The van der Waals surface area contributed by atoms with Crippen LogP contribution in [0.15, 0.2) is 110 Å². The average Bonchev–Trinajstić information content (AvgIpc) is 3.89. The molecule has 11 aromatic rings. The molecule has 6 heterocycles. The Kier molecular flexibility index (Phi) is 4.78. The minimum atomic E-state index is 0.205. The van der Waals surface area contributed by atoms with Crippen LogP contribution in [0.5, 0.6) is 11.5 Å². The molecular weight excluding hydrogens is 621 g/mol. The van der Waals surface area contributed by atoms with E-state index in [1.165, 1.54) is 0 Å². The number of phenols is 2. The maximum atomic E-state index is 10.1. The van der Waals surface area contributed by atoms with Crippen molar-refractivity contribution in [2.45, 2.75) is 13.8 Å². The summed E-state index contributed by atoms with van der Waals surface area (Å²) < 4.78 is 26.4. The maximum Gasteiger partial charge on any atom is 0.196 e. The van der Waals surface area contributed by atoms with Crippen LogP contribution in [0.3, 0.4) is 0 Å². The van der Waals surface area contributed by atoms with Crippen LogP contribution >= 0.6 is 11.3 Å². The van der Waals surface area contributed by atoms with Crippen molar-refractivity contribution in [1.29, 1.82) is 0 Å². The summed E-state index contributed by atoms with van der Waals surface area (Å²) in [5.74, 6) is 0.419. The summed E-state index contributed by atoms with van der Waals surface area (Å²) in [7, 11) is 0. The number of thiophene rings is 1. The van der Waals surface area contributed by atoms with Gasteiger partial charge < -0.3 is 32.6 Å². The van der Waals surface area contributed by atoms with Gasteiger partial charge in [-0.3, -0.25) is 0 Å². The lowest BCUT2D eigenvalue weighted by Gasteiger charge is -2.08. The van der Waals surface area contributed by atoms with Gasteiger partial charge in [-0.2, -0.15) is 0 Å². The van der Waals surface area contributed by atoms with Gasteiger partial charge in [-0.15, -0.1) is 11.3 Å². The van der Waals surface area contributed by atoms with Gasteiger partial charge in [0, 0.05) is 37.6 Å². The molecule has 5 aromatic carbocycles. The predicted octanol–water partition coefficient (Wildman–Crippen LogP) is 11.4. The van der Waals surface area contributed by atoms with E-state index in [9.17, 15) is 10.2 Å². The van der Waals surface area contributed by atoms with E-state index in [1.807, 2.05) is 24.3 Å². The minimum absolute atomic E-state index is 0.205. The van der Waals surface area contributed by atoms with Gasteiger partial charge in [0.15, 0.2) is 16.7 Å². The number of aryl methyl sites for hydroxylation is 2. The van der Waals surface area contributed by atoms with Gasteiger partial charge >= 0.3 is 0 Å². The molecule has 8 heteroatoms. The van der Waals surface area contributed by atoms with Crippen LogP contribution in [-0.2, 0) is 0 Å². The molecule has 0 saturated carbocycles. The molecule has 48 heavy (non-hydrogen) atoms. The highest BCUT2D eigenvalue weighted by Crippen LogP contribution is 2.49. The summed E-state index contributed by atoms with van der Waals surface area (Å²) in [6.07, 6.45) is 0. The molecule has 11 rings (SSSR count). The first-order chi connectivity index (χ1) is 23.4. The molecule has 2 N–H and O–H groups in total. The van der Waals surface area contributed by atoms with Crippen LogP contribution in [0.1, 0.15) is 11.1 Å². The van der Waals surface area contributed by atoms with Gasteiger partial charge in [0.1, 0.15) is 44.8 Å². The van der Waals surface area contributed by atoms with Gasteiger partial charge in [-0.05, 0) is 110 Å². The standard InChI is InChI=1S/C40H24N2O5S/c1-19-3-13-25-29(15-19)45-37-33(25)41(21-5-9-23(43)10-6-21)35-27-18-32-28(17-31(27)46-38(35)37)36-40(48-32)39-34(26-14-4-20(2)16-30(26)47-39)42(36)22-7-11-24(44)12-8-22/h3-18,43-44H,1-2H3. The molecule has 7 nitrogen and oxygen atoms in total. The monoisotopic (exact) mass is 644 g/mol. The van der Waals surface area contributed by atoms with E-state index in [1.54, 1.807) is 35.6 Å². The molecule has 0 amide bonds. The second kappa shape index (κ2) is 8.82. The smallest absolute Gasteiger partial charge is 0.196 e. The van der Waals surface area contributed by atoms with Crippen LogP contribution in [0.25, 0.3) is 97.9 Å². The zero-order valence-corrected chi connectivity index (χ0v) is 26.5. The molecule has 0 radical (unpaired) electrons. The lowest BCUT2D eigenvalue weighted by molar-refractivity contribution is 0.474. The first-order valence-electron chi connectivity index (χ1n) is 15.7. The van der Waals surface area contributed by atoms with Gasteiger partial charge in [-0.25, -0.2) is 0 Å². The van der Waals surface area contributed by atoms with E-state index in [4.69, 9.17) is 13.3 Å². The van der Waals surface area contributed by atoms with E-state index in [-0.39, 0.29) is 11.5 Å².